The van der Waals surface area contributed by atoms with Gasteiger partial charge in [-0.2, -0.15) is 0 Å². The number of anilines is 2. The number of fused-ring (bicyclic) bond motifs is 2. The first kappa shape index (κ1) is 107. The number of pyridine rings is 2. The molecule has 0 fully saturated rings. The SMILES string of the molecule is C#CCCCCO.Cl.Nc1cccc(Cn2c(-c3ccccc3Cl)cc3ccc(Br)cc32)n1.Nc1cccc(Cn2c(-c3ccccc3Cl)cc3ccc(C#CCCCCO)cc32)n1.[Pd].c1ccc(P(c2ccccc2)c2ccccc2)cc1.c1ccc(P(c2ccccc2)c2ccccc2)cc1.c1ccc(P(c2ccccc2)c2ccccc2)cc1.c1ccc(P(c2ccccc2)c2ccccc2)cc1. The Balaban J connectivity index is 0.000000150. The maximum atomic E-state index is 8.91. The Labute approximate surface area is 874 Å². The maximum absolute atomic E-state index is 8.91. The predicted molar refractivity (Wildman–Crippen MR) is 613 cm³/mol. The van der Waals surface area contributed by atoms with Crippen molar-refractivity contribution in [2.24, 2.45) is 0 Å². The van der Waals surface area contributed by atoms with Crippen LogP contribution in [0.5, 0.6) is 0 Å². The van der Waals surface area contributed by atoms with Gasteiger partial charge in [0.1, 0.15) is 11.6 Å². The smallest absolute Gasteiger partial charge is 0.123 e. The van der Waals surface area contributed by atoms with Gasteiger partial charge in [0.15, 0.2) is 0 Å². The number of aromatic nitrogens is 4. The van der Waals surface area contributed by atoms with Gasteiger partial charge in [0.2, 0.25) is 0 Å². The standard InChI is InChI=1S/C26H24ClN3O.C20H15BrClN3.4C18H15P.C6H10O.ClH.Pd/c27-23-11-5-4-10-22(23)25-17-20-14-13-19(8-3-1-2-6-15-31)16-24(20)30(25)18-21-9-7-12-26(28)29-21;21-14-9-8-13-10-19(16-5-1-2-6-17(16)22)25(18(13)11-14)12-15-4-3-7-20(23)24-15;4*1-4-10-16(11-5-1)19(17-12-6-2-7-13-17)18-14-8-3-9-15-18;1-2-3-4-5-6-7;;/h4-5,7,9-14,16-17,31H,1-2,6,15,18H2,(H2,28,29);1-11H,12H2,(H2,23,24);4*1-15H;1,7H,3-6H2;1H;. The minimum Gasteiger partial charge on any atom is -0.396 e. The van der Waals surface area contributed by atoms with Crippen LogP contribution in [0, 0.1) is 24.2 Å². The number of aliphatic hydroxyl groups is 2. The van der Waals surface area contributed by atoms with Crippen molar-refractivity contribution >= 4 is 180 Å². The number of hydrogen-bond donors (Lipinski definition) is 4. The number of nitrogens with zero attached hydrogens (tertiary/aromatic N) is 4. The molecule has 0 bridgehead atoms. The molecule has 6 N–H and O–H groups in total. The first-order valence-electron chi connectivity index (χ1n) is 46.3. The maximum Gasteiger partial charge on any atom is 0.123 e. The van der Waals surface area contributed by atoms with Gasteiger partial charge in [-0.15, -0.1) is 24.8 Å². The molecule has 0 aliphatic rings. The number of nitrogen functional groups attached to an aromatic ring is 2. The number of hydrogen-bond acceptors (Lipinski definition) is 6. The van der Waals surface area contributed by atoms with E-state index in [-0.39, 0.29) is 46.0 Å². The third-order valence-electron chi connectivity index (χ3n) is 22.2. The summed E-state index contributed by atoms with van der Waals surface area (Å²) in [7, 11) is -1.78. The van der Waals surface area contributed by atoms with Gasteiger partial charge in [0.25, 0.3) is 0 Å². The van der Waals surface area contributed by atoms with Gasteiger partial charge in [0.05, 0.1) is 41.4 Å². The topological polar surface area (TPSA) is 128 Å². The minimum atomic E-state index is -0.446. The molecule has 0 amide bonds. The van der Waals surface area contributed by atoms with Crippen LogP contribution in [-0.2, 0) is 33.5 Å². The van der Waals surface area contributed by atoms with Crippen molar-refractivity contribution in [2.45, 2.75) is 51.6 Å². The number of aliphatic hydroxyl groups excluding tert-OH is 2. The molecule has 0 aliphatic carbocycles. The molecule has 0 unspecified atom stereocenters. The Morgan fingerprint density at radius 1 is 0.298 bits per heavy atom. The predicted octanol–water partition coefficient (Wildman–Crippen LogP) is 26.2. The molecule has 0 radical (unpaired) electrons. The van der Waals surface area contributed by atoms with Crippen LogP contribution in [0.1, 0.15) is 55.5 Å². The van der Waals surface area contributed by atoms with Gasteiger partial charge in [-0.05, 0) is 194 Å². The van der Waals surface area contributed by atoms with E-state index < -0.39 is 31.7 Å². The molecular weight excluding hydrogens is 2020 g/mol. The van der Waals surface area contributed by atoms with Crippen LogP contribution in [0.4, 0.5) is 11.6 Å². The third kappa shape index (κ3) is 31.9. The summed E-state index contributed by atoms with van der Waals surface area (Å²) in [6.45, 7) is 1.67. The van der Waals surface area contributed by atoms with E-state index in [0.29, 0.717) is 29.7 Å². The van der Waals surface area contributed by atoms with Crippen molar-refractivity contribution < 1.29 is 30.6 Å². The van der Waals surface area contributed by atoms with Crippen molar-refractivity contribution in [3.63, 3.8) is 0 Å². The first-order valence-corrected chi connectivity index (χ1v) is 53.2. The van der Waals surface area contributed by atoms with Crippen molar-refractivity contribution in [1.82, 2.24) is 19.1 Å². The first-order chi connectivity index (χ1) is 68.5. The van der Waals surface area contributed by atoms with Gasteiger partial charge in [-0.3, -0.25) is 0 Å². The molecule has 20 aromatic rings. The Kier molecular flexibility index (Phi) is 44.4. The van der Waals surface area contributed by atoms with Gasteiger partial charge < -0.3 is 30.8 Å². The van der Waals surface area contributed by atoms with E-state index in [1.807, 2.05) is 84.9 Å². The van der Waals surface area contributed by atoms with E-state index >= 15 is 0 Å². The van der Waals surface area contributed by atoms with Crippen molar-refractivity contribution in [2.75, 3.05) is 24.7 Å². The summed E-state index contributed by atoms with van der Waals surface area (Å²) in [5.74, 6) is 9.97. The summed E-state index contributed by atoms with van der Waals surface area (Å²) >= 11 is 16.6. The average molecular weight is 2130 g/mol. The van der Waals surface area contributed by atoms with Crippen LogP contribution in [0.15, 0.2) is 502 Å². The molecule has 141 heavy (non-hydrogen) atoms. The summed E-state index contributed by atoms with van der Waals surface area (Å²) in [6.07, 6.45) is 9.98. The van der Waals surface area contributed by atoms with Crippen LogP contribution in [-0.4, -0.2) is 42.5 Å². The van der Waals surface area contributed by atoms with Gasteiger partial charge in [-0.25, -0.2) is 9.97 Å². The molecule has 0 aliphatic heterocycles. The fourth-order valence-corrected chi connectivity index (χ4v) is 25.8. The molecule has 8 nitrogen and oxygen atoms in total. The van der Waals surface area contributed by atoms with Crippen LogP contribution in [0.2, 0.25) is 10.0 Å². The molecule has 20 rings (SSSR count). The van der Waals surface area contributed by atoms with Gasteiger partial charge in [0, 0.05) is 94.0 Å². The average Bonchev–Trinajstić information content (AvgIpc) is 1.62. The zero-order valence-electron chi connectivity index (χ0n) is 78.0. The third-order valence-corrected chi connectivity index (χ3v) is 33.1. The van der Waals surface area contributed by atoms with E-state index in [0.717, 1.165) is 109 Å². The van der Waals surface area contributed by atoms with Crippen molar-refractivity contribution in [3.05, 3.63) is 529 Å². The van der Waals surface area contributed by atoms with Gasteiger partial charge >= 0.3 is 0 Å². The van der Waals surface area contributed by atoms with Crippen LogP contribution in [0.3, 0.4) is 0 Å². The molecule has 17 heteroatoms. The quantitative estimate of drug-likeness (QED) is 0.0206. The molecular formula is C124H110BrCl3N6O2P4Pd. The van der Waals surface area contributed by atoms with E-state index in [2.05, 4.69) is 453 Å². The summed E-state index contributed by atoms with van der Waals surface area (Å²) < 4.78 is 5.48. The zero-order chi connectivity index (χ0) is 96.2. The summed E-state index contributed by atoms with van der Waals surface area (Å²) in [5.41, 5.74) is 20.8. The second kappa shape index (κ2) is 58.5. The van der Waals surface area contributed by atoms with E-state index in [9.17, 15) is 0 Å². The second-order valence-electron chi connectivity index (χ2n) is 32.0. The fraction of sp³-hybridized carbons (Fsp3) is 0.0806. The van der Waals surface area contributed by atoms with E-state index in [4.69, 9.17) is 51.3 Å². The Bertz CT molecular complexity index is 6350. The monoisotopic (exact) mass is 2130 g/mol. The summed E-state index contributed by atoms with van der Waals surface area (Å²) in [5, 5.41) is 37.6. The molecule has 4 heterocycles. The Hall–Kier alpha value is -12.7. The molecule has 706 valence electrons. The van der Waals surface area contributed by atoms with Crippen LogP contribution >= 0.6 is 83.2 Å². The molecule has 0 atom stereocenters. The molecule has 0 saturated heterocycles. The molecule has 0 spiro atoms. The minimum absolute atomic E-state index is 0. The summed E-state index contributed by atoms with van der Waals surface area (Å²) in [4.78, 5) is 8.93. The van der Waals surface area contributed by atoms with E-state index in [1.54, 1.807) is 12.1 Å². The molecule has 4 aromatic heterocycles. The second-order valence-corrected chi connectivity index (χ2v) is 42.6. The largest absolute Gasteiger partial charge is 0.396 e. The van der Waals surface area contributed by atoms with Crippen molar-refractivity contribution in [3.8, 4) is 46.7 Å². The van der Waals surface area contributed by atoms with Crippen molar-refractivity contribution in [1.29, 1.82) is 0 Å². The Morgan fingerprint density at radius 3 is 0.816 bits per heavy atom. The van der Waals surface area contributed by atoms with Gasteiger partial charge in [-0.1, -0.05) is 476 Å². The summed E-state index contributed by atoms with van der Waals surface area (Å²) in [6, 6.07) is 173. The zero-order valence-corrected chi connectivity index (χ0v) is 87.0. The molecule has 0 saturated carbocycles. The number of nitrogens with two attached hydrogens (primary N) is 2. The number of unbranched alkanes of at least 4 members (excludes halogenated alkanes) is 4. The van der Waals surface area contributed by atoms with E-state index in [1.165, 1.54) is 63.7 Å². The fourth-order valence-electron chi connectivity index (χ4n) is 15.7. The van der Waals surface area contributed by atoms with Crippen LogP contribution in [0.25, 0.3) is 44.3 Å². The number of benzene rings is 16. The normalized spacial score (nSPS) is 10.4. The molecule has 16 aromatic carbocycles. The van der Waals surface area contributed by atoms with Crippen LogP contribution < -0.4 is 75.1 Å². The number of halogens is 4. The Morgan fingerprint density at radius 2 is 0.553 bits per heavy atom. The number of terminal acetylenes is 1. The number of rotatable bonds is 24.